The lowest BCUT2D eigenvalue weighted by Crippen LogP contribution is -2.52. The van der Waals surface area contributed by atoms with Crippen LogP contribution in [0.5, 0.6) is 5.75 Å². The van der Waals surface area contributed by atoms with Gasteiger partial charge in [0.05, 0.1) is 19.1 Å². The fraction of sp³-hybridized carbons (Fsp3) is 0.500. The van der Waals surface area contributed by atoms with Crippen LogP contribution in [0.2, 0.25) is 0 Å². The second-order valence-corrected chi connectivity index (χ2v) is 12.4. The maximum atomic E-state index is 13.4. The van der Waals surface area contributed by atoms with E-state index in [2.05, 4.69) is 5.32 Å². The lowest BCUT2D eigenvalue weighted by Gasteiger charge is -2.32. The molecule has 1 atom stereocenters. The Kier molecular flexibility index (Phi) is 10.1. The van der Waals surface area contributed by atoms with E-state index in [4.69, 9.17) is 4.74 Å². The zero-order valence-corrected chi connectivity index (χ0v) is 24.1. The Morgan fingerprint density at radius 3 is 2.16 bits per heavy atom. The van der Waals surface area contributed by atoms with Crippen LogP contribution in [0.4, 0.5) is 5.69 Å². The number of carbonyl (C=O) groups excluding carboxylic acids is 2. The smallest absolute Gasteiger partial charge is 0.242 e. The highest BCUT2D eigenvalue weighted by atomic mass is 32.2. The molecule has 0 aliphatic rings. The van der Waals surface area contributed by atoms with Gasteiger partial charge in [0.1, 0.15) is 11.8 Å². The predicted octanol–water partition coefficient (Wildman–Crippen LogP) is 4.19. The van der Waals surface area contributed by atoms with Crippen molar-refractivity contribution in [1.82, 2.24) is 10.2 Å². The van der Waals surface area contributed by atoms with Crippen molar-refractivity contribution in [2.24, 2.45) is 0 Å². The molecule has 0 saturated carbocycles. The normalized spacial score (nSPS) is 12.5. The summed E-state index contributed by atoms with van der Waals surface area (Å²) in [5, 5.41) is 2.94. The fourth-order valence-corrected chi connectivity index (χ4v) is 4.83. The first-order valence-corrected chi connectivity index (χ1v) is 14.3. The Balaban J connectivity index is 2.21. The maximum Gasteiger partial charge on any atom is 0.242 e. The molecule has 0 spiro atoms. The molecule has 0 fully saturated rings. The largest absolute Gasteiger partial charge is 0.497 e. The molecule has 2 amide bonds. The number of anilines is 1. The average molecular weight is 532 g/mol. The highest BCUT2D eigenvalue weighted by molar-refractivity contribution is 7.92. The predicted molar refractivity (Wildman–Crippen MR) is 148 cm³/mol. The molecule has 0 aromatic heterocycles. The van der Waals surface area contributed by atoms with Gasteiger partial charge in [-0.3, -0.25) is 13.9 Å². The van der Waals surface area contributed by atoms with Crippen LogP contribution < -0.4 is 14.4 Å². The minimum atomic E-state index is -3.54. The molecule has 204 valence electrons. The van der Waals surface area contributed by atoms with Gasteiger partial charge in [0, 0.05) is 25.0 Å². The Bertz CT molecular complexity index is 1190. The van der Waals surface area contributed by atoms with Gasteiger partial charge in [0.15, 0.2) is 0 Å². The van der Waals surface area contributed by atoms with Crippen molar-refractivity contribution < 1.29 is 22.7 Å². The minimum Gasteiger partial charge on any atom is -0.497 e. The van der Waals surface area contributed by atoms with E-state index in [1.165, 1.54) is 10.6 Å². The Labute approximate surface area is 222 Å². The molecular formula is C28H41N3O5S. The summed E-state index contributed by atoms with van der Waals surface area (Å²) in [4.78, 5) is 27.9. The van der Waals surface area contributed by atoms with Gasteiger partial charge in [-0.05, 0) is 88.9 Å². The molecule has 0 heterocycles. The van der Waals surface area contributed by atoms with Gasteiger partial charge in [0.2, 0.25) is 21.8 Å². The number of nitrogens with zero attached hydrogens (tertiary/aromatic N) is 2. The number of nitrogens with one attached hydrogen (secondary N) is 1. The fourth-order valence-electron chi connectivity index (χ4n) is 3.87. The average Bonchev–Trinajstić information content (AvgIpc) is 2.80. The lowest BCUT2D eigenvalue weighted by molar-refractivity contribution is -0.141. The quantitative estimate of drug-likeness (QED) is 0.469. The van der Waals surface area contributed by atoms with E-state index < -0.39 is 21.6 Å². The molecule has 1 N–H and O–H groups in total. The van der Waals surface area contributed by atoms with E-state index in [1.54, 1.807) is 25.0 Å². The van der Waals surface area contributed by atoms with Gasteiger partial charge in [-0.2, -0.15) is 0 Å². The third kappa shape index (κ3) is 9.07. The molecule has 0 radical (unpaired) electrons. The van der Waals surface area contributed by atoms with E-state index in [1.807, 2.05) is 71.0 Å². The monoisotopic (exact) mass is 531 g/mol. The molecular weight excluding hydrogens is 490 g/mol. The summed E-state index contributed by atoms with van der Waals surface area (Å²) in [6.07, 6.45) is 1.57. The summed E-state index contributed by atoms with van der Waals surface area (Å²) in [5.74, 6) is 0.232. The molecule has 0 unspecified atom stereocenters. The standard InChI is InChI=1S/C28H41N3O5S/c1-20-11-14-24(18-21(20)2)31(37(8,34)35)17-9-10-26(32)30(22(3)27(33)29-28(4,5)6)19-23-12-15-25(36-7)16-13-23/h11-16,18,22H,9-10,17,19H2,1-8H3,(H,29,33)/t22-/m0/s1. The SMILES string of the molecule is COc1ccc(CN(C(=O)CCCN(c2ccc(C)c(C)c2)S(C)(=O)=O)[C@@H](C)C(=O)NC(C)(C)C)cc1. The molecule has 8 nitrogen and oxygen atoms in total. The van der Waals surface area contributed by atoms with E-state index in [9.17, 15) is 18.0 Å². The number of sulfonamides is 1. The molecule has 2 aromatic carbocycles. The first-order chi connectivity index (χ1) is 17.1. The van der Waals surface area contributed by atoms with Crippen LogP contribution in [0.3, 0.4) is 0 Å². The zero-order chi connectivity index (χ0) is 28.0. The van der Waals surface area contributed by atoms with Gasteiger partial charge in [-0.25, -0.2) is 8.42 Å². The number of aryl methyl sites for hydroxylation is 2. The number of amides is 2. The first-order valence-electron chi connectivity index (χ1n) is 12.4. The summed E-state index contributed by atoms with van der Waals surface area (Å²) < 4.78 is 31.6. The number of methoxy groups -OCH3 is 1. The molecule has 9 heteroatoms. The number of rotatable bonds is 11. The molecule has 0 aliphatic heterocycles. The molecule has 2 aromatic rings. The minimum absolute atomic E-state index is 0.0974. The van der Waals surface area contributed by atoms with E-state index in [0.717, 1.165) is 16.7 Å². The Hall–Kier alpha value is -3.07. The third-order valence-electron chi connectivity index (χ3n) is 6.11. The number of benzene rings is 2. The van der Waals surface area contributed by atoms with Gasteiger partial charge < -0.3 is 15.0 Å². The number of hydrogen-bond donors (Lipinski definition) is 1. The van der Waals surface area contributed by atoms with Gasteiger partial charge >= 0.3 is 0 Å². The van der Waals surface area contributed by atoms with Crippen LogP contribution in [0, 0.1) is 13.8 Å². The van der Waals surface area contributed by atoms with E-state index >= 15 is 0 Å². The Morgan fingerprint density at radius 2 is 1.65 bits per heavy atom. The molecule has 0 saturated heterocycles. The Morgan fingerprint density at radius 1 is 1.03 bits per heavy atom. The highest BCUT2D eigenvalue weighted by Gasteiger charge is 2.28. The van der Waals surface area contributed by atoms with Crippen LogP contribution in [0.1, 0.15) is 57.2 Å². The van der Waals surface area contributed by atoms with Crippen molar-refractivity contribution in [3.05, 3.63) is 59.2 Å². The summed E-state index contributed by atoms with van der Waals surface area (Å²) in [5.41, 5.74) is 3.06. The van der Waals surface area contributed by atoms with Gasteiger partial charge in [-0.1, -0.05) is 18.2 Å². The summed E-state index contributed by atoms with van der Waals surface area (Å²) >= 11 is 0. The first kappa shape index (κ1) is 30.2. The van der Waals surface area contributed by atoms with Gasteiger partial charge in [-0.15, -0.1) is 0 Å². The molecule has 0 aliphatic carbocycles. The topological polar surface area (TPSA) is 96.0 Å². The van der Waals surface area contributed by atoms with Crippen molar-refractivity contribution in [1.29, 1.82) is 0 Å². The number of hydrogen-bond acceptors (Lipinski definition) is 5. The number of ether oxygens (including phenoxy) is 1. The van der Waals surface area contributed by atoms with Crippen LogP contribution in [-0.2, 0) is 26.2 Å². The van der Waals surface area contributed by atoms with Crippen molar-refractivity contribution in [3.8, 4) is 5.75 Å². The second-order valence-electron chi connectivity index (χ2n) is 10.5. The van der Waals surface area contributed by atoms with Crippen molar-refractivity contribution in [2.45, 2.75) is 72.5 Å². The lowest BCUT2D eigenvalue weighted by atomic mass is 10.1. The van der Waals surface area contributed by atoms with Crippen molar-refractivity contribution >= 4 is 27.5 Å². The number of carbonyl (C=O) groups is 2. The third-order valence-corrected chi connectivity index (χ3v) is 7.30. The van der Waals surface area contributed by atoms with Crippen LogP contribution >= 0.6 is 0 Å². The molecule has 37 heavy (non-hydrogen) atoms. The second kappa shape index (κ2) is 12.4. The highest BCUT2D eigenvalue weighted by Crippen LogP contribution is 2.22. The molecule has 0 bridgehead atoms. The maximum absolute atomic E-state index is 13.4. The summed E-state index contributed by atoms with van der Waals surface area (Å²) in [7, 11) is -1.95. The van der Waals surface area contributed by atoms with Crippen molar-refractivity contribution in [3.63, 3.8) is 0 Å². The molecule has 2 rings (SSSR count). The van der Waals surface area contributed by atoms with Gasteiger partial charge in [0.25, 0.3) is 0 Å². The summed E-state index contributed by atoms with van der Waals surface area (Å²) in [6.45, 7) is 11.7. The van der Waals surface area contributed by atoms with Crippen LogP contribution in [0.25, 0.3) is 0 Å². The van der Waals surface area contributed by atoms with Crippen LogP contribution in [-0.4, -0.2) is 56.6 Å². The summed E-state index contributed by atoms with van der Waals surface area (Å²) in [6, 6.07) is 12.1. The van der Waals surface area contributed by atoms with E-state index in [0.29, 0.717) is 17.9 Å². The van der Waals surface area contributed by atoms with Crippen molar-refractivity contribution in [2.75, 3.05) is 24.2 Å². The van der Waals surface area contributed by atoms with Crippen LogP contribution in [0.15, 0.2) is 42.5 Å². The van der Waals surface area contributed by atoms with E-state index in [-0.39, 0.29) is 31.3 Å². The zero-order valence-electron chi connectivity index (χ0n) is 23.3.